The van der Waals surface area contributed by atoms with Crippen molar-refractivity contribution in [3.8, 4) is 0 Å². The lowest BCUT2D eigenvalue weighted by Gasteiger charge is -2.22. The van der Waals surface area contributed by atoms with Crippen molar-refractivity contribution in [2.75, 3.05) is 19.8 Å². The summed E-state index contributed by atoms with van der Waals surface area (Å²) < 4.78 is 10.8. The van der Waals surface area contributed by atoms with Gasteiger partial charge in [0.1, 0.15) is 11.9 Å². The van der Waals surface area contributed by atoms with Gasteiger partial charge in [0.25, 0.3) is 5.56 Å². The van der Waals surface area contributed by atoms with E-state index in [4.69, 9.17) is 9.47 Å². The zero-order valence-electron chi connectivity index (χ0n) is 8.99. The summed E-state index contributed by atoms with van der Waals surface area (Å²) in [5.41, 5.74) is 1.78. The molecule has 3 rings (SSSR count). The number of ether oxygens (including phenoxy) is 2. The molecule has 1 fully saturated rings. The van der Waals surface area contributed by atoms with Crippen LogP contribution >= 0.6 is 0 Å². The Morgan fingerprint density at radius 2 is 2.25 bits per heavy atom. The highest BCUT2D eigenvalue weighted by atomic mass is 16.6. The van der Waals surface area contributed by atoms with E-state index in [0.717, 1.165) is 30.5 Å². The lowest BCUT2D eigenvalue weighted by molar-refractivity contribution is -0.0936. The lowest BCUT2D eigenvalue weighted by atomic mass is 10.2. The Morgan fingerprint density at radius 3 is 3.06 bits per heavy atom. The van der Waals surface area contributed by atoms with Crippen molar-refractivity contribution in [3.05, 3.63) is 27.4 Å². The van der Waals surface area contributed by atoms with Gasteiger partial charge in [-0.2, -0.15) is 0 Å². The number of rotatable bonds is 1. The van der Waals surface area contributed by atoms with Gasteiger partial charge in [-0.3, -0.25) is 4.79 Å². The first-order chi connectivity index (χ1) is 7.84. The molecule has 1 atom stereocenters. The van der Waals surface area contributed by atoms with Crippen molar-refractivity contribution < 1.29 is 9.47 Å². The Kier molecular flexibility index (Phi) is 2.49. The second-order valence-electron chi connectivity index (χ2n) is 4.16. The number of aromatic nitrogens is 2. The number of nitrogens with zero attached hydrogens (tertiary/aromatic N) is 1. The van der Waals surface area contributed by atoms with E-state index in [1.807, 2.05) is 0 Å². The van der Waals surface area contributed by atoms with Crippen molar-refractivity contribution in [2.45, 2.75) is 25.4 Å². The third kappa shape index (κ3) is 1.66. The molecule has 2 aliphatic rings. The molecule has 5 heteroatoms. The molecule has 0 radical (unpaired) electrons. The summed E-state index contributed by atoms with van der Waals surface area (Å²) in [4.78, 5) is 19.1. The Bertz CT molecular complexity index is 449. The van der Waals surface area contributed by atoms with Crippen molar-refractivity contribution in [1.82, 2.24) is 9.97 Å². The van der Waals surface area contributed by atoms with Crippen LogP contribution in [-0.2, 0) is 22.3 Å². The molecule has 0 spiro atoms. The van der Waals surface area contributed by atoms with E-state index < -0.39 is 0 Å². The molecule has 16 heavy (non-hydrogen) atoms. The Morgan fingerprint density at radius 1 is 1.31 bits per heavy atom. The summed E-state index contributed by atoms with van der Waals surface area (Å²) in [6.07, 6.45) is 2.56. The summed E-state index contributed by atoms with van der Waals surface area (Å²) in [5, 5.41) is 0. The molecule has 2 heterocycles. The largest absolute Gasteiger partial charge is 0.376 e. The van der Waals surface area contributed by atoms with Gasteiger partial charge in [0, 0.05) is 5.56 Å². The number of H-pyrrole nitrogens is 1. The average molecular weight is 222 g/mol. The highest BCUT2D eigenvalue weighted by Gasteiger charge is 2.23. The van der Waals surface area contributed by atoms with Crippen LogP contribution in [0.1, 0.15) is 29.6 Å². The second-order valence-corrected chi connectivity index (χ2v) is 4.16. The minimum atomic E-state index is -0.215. The van der Waals surface area contributed by atoms with Crippen LogP contribution in [0.15, 0.2) is 4.79 Å². The Balaban J connectivity index is 1.96. The summed E-state index contributed by atoms with van der Waals surface area (Å²) in [6, 6.07) is 0. The molecule has 0 amide bonds. The fraction of sp³-hybridized carbons (Fsp3) is 0.636. The molecule has 1 aliphatic heterocycles. The highest BCUT2D eigenvalue weighted by Crippen LogP contribution is 2.20. The topological polar surface area (TPSA) is 64.2 Å². The summed E-state index contributed by atoms with van der Waals surface area (Å²) in [7, 11) is 0. The number of nitrogens with one attached hydrogen (secondary N) is 1. The molecule has 1 aliphatic carbocycles. The van der Waals surface area contributed by atoms with Crippen molar-refractivity contribution in [2.24, 2.45) is 0 Å². The van der Waals surface area contributed by atoms with Gasteiger partial charge in [-0.1, -0.05) is 0 Å². The molecule has 86 valence electrons. The number of aromatic amines is 1. The maximum absolute atomic E-state index is 11.8. The minimum Gasteiger partial charge on any atom is -0.376 e. The molecule has 0 aromatic carbocycles. The van der Waals surface area contributed by atoms with E-state index >= 15 is 0 Å². The monoisotopic (exact) mass is 222 g/mol. The van der Waals surface area contributed by atoms with E-state index in [0.29, 0.717) is 25.6 Å². The van der Waals surface area contributed by atoms with Gasteiger partial charge in [-0.25, -0.2) is 4.98 Å². The predicted octanol–water partition coefficient (Wildman–Crippen LogP) is 0.346. The maximum atomic E-state index is 11.8. The Labute approximate surface area is 92.8 Å². The van der Waals surface area contributed by atoms with E-state index in [9.17, 15) is 4.79 Å². The van der Waals surface area contributed by atoms with Gasteiger partial charge < -0.3 is 14.5 Å². The van der Waals surface area contributed by atoms with Gasteiger partial charge >= 0.3 is 0 Å². The summed E-state index contributed by atoms with van der Waals surface area (Å²) >= 11 is 0. The zero-order valence-corrected chi connectivity index (χ0v) is 8.99. The van der Waals surface area contributed by atoms with E-state index in [2.05, 4.69) is 9.97 Å². The summed E-state index contributed by atoms with van der Waals surface area (Å²) in [6.45, 7) is 1.65. The second kappa shape index (κ2) is 3.99. The number of hydrogen-bond donors (Lipinski definition) is 1. The number of fused-ring (bicyclic) bond motifs is 1. The smallest absolute Gasteiger partial charge is 0.254 e. The lowest BCUT2D eigenvalue weighted by Crippen LogP contribution is -2.27. The molecule has 1 saturated heterocycles. The predicted molar refractivity (Wildman–Crippen MR) is 56.4 cm³/mol. The van der Waals surface area contributed by atoms with E-state index in [1.165, 1.54) is 0 Å². The van der Waals surface area contributed by atoms with Crippen LogP contribution < -0.4 is 5.56 Å². The molecular formula is C11H14N2O3. The van der Waals surface area contributed by atoms with Crippen molar-refractivity contribution in [3.63, 3.8) is 0 Å². The van der Waals surface area contributed by atoms with E-state index in [-0.39, 0.29) is 11.7 Å². The van der Waals surface area contributed by atoms with Gasteiger partial charge in [0.2, 0.25) is 0 Å². The van der Waals surface area contributed by atoms with Crippen LogP contribution in [-0.4, -0.2) is 29.8 Å². The molecule has 5 nitrogen and oxygen atoms in total. The van der Waals surface area contributed by atoms with Crippen LogP contribution in [0.4, 0.5) is 0 Å². The van der Waals surface area contributed by atoms with E-state index in [1.54, 1.807) is 0 Å². The van der Waals surface area contributed by atoms with Gasteiger partial charge in [0.05, 0.1) is 25.5 Å². The number of hydrogen-bond acceptors (Lipinski definition) is 4. The fourth-order valence-electron chi connectivity index (χ4n) is 2.26. The molecule has 1 unspecified atom stereocenters. The average Bonchev–Trinajstić information content (AvgIpc) is 2.79. The fourth-order valence-corrected chi connectivity index (χ4v) is 2.26. The summed E-state index contributed by atoms with van der Waals surface area (Å²) in [5.74, 6) is 0.616. The minimum absolute atomic E-state index is 0.00771. The molecule has 1 N–H and O–H groups in total. The van der Waals surface area contributed by atoms with Crippen molar-refractivity contribution in [1.29, 1.82) is 0 Å². The first-order valence-corrected chi connectivity index (χ1v) is 5.66. The first-order valence-electron chi connectivity index (χ1n) is 5.66. The number of aryl methyl sites for hydroxylation is 1. The van der Waals surface area contributed by atoms with Crippen molar-refractivity contribution >= 4 is 0 Å². The SMILES string of the molecule is O=c1[nH]c(C2COCCO2)nc2c1CCC2. The third-order valence-corrected chi connectivity index (χ3v) is 3.08. The third-order valence-electron chi connectivity index (χ3n) is 3.08. The quantitative estimate of drug-likeness (QED) is 0.744. The van der Waals surface area contributed by atoms with Gasteiger partial charge in [0.15, 0.2) is 0 Å². The maximum Gasteiger partial charge on any atom is 0.254 e. The zero-order chi connectivity index (χ0) is 11.0. The van der Waals surface area contributed by atoms with Crippen LogP contribution in [0.2, 0.25) is 0 Å². The molecule has 1 aromatic rings. The first kappa shape index (κ1) is 9.99. The van der Waals surface area contributed by atoms with Crippen LogP contribution in [0.5, 0.6) is 0 Å². The molecule has 0 bridgehead atoms. The van der Waals surface area contributed by atoms with Crippen LogP contribution in [0.25, 0.3) is 0 Å². The Hall–Kier alpha value is -1.20. The molecule has 0 saturated carbocycles. The standard InChI is InChI=1S/C11H14N2O3/c14-11-7-2-1-3-8(7)12-10(13-11)9-6-15-4-5-16-9/h9H,1-6H2,(H,12,13,14). The molecule has 1 aromatic heterocycles. The molecular weight excluding hydrogens is 208 g/mol. The highest BCUT2D eigenvalue weighted by molar-refractivity contribution is 5.23. The van der Waals surface area contributed by atoms with Gasteiger partial charge in [-0.05, 0) is 19.3 Å². The van der Waals surface area contributed by atoms with Crippen LogP contribution in [0.3, 0.4) is 0 Å². The van der Waals surface area contributed by atoms with Crippen LogP contribution in [0, 0.1) is 0 Å². The normalized spacial score (nSPS) is 24.4. The van der Waals surface area contributed by atoms with Gasteiger partial charge in [-0.15, -0.1) is 0 Å².